The molecule has 1 spiro atoms. The number of aryl methyl sites for hydroxylation is 1. The maximum Gasteiger partial charge on any atom is 0.131 e. The summed E-state index contributed by atoms with van der Waals surface area (Å²) >= 11 is 0. The Kier molecular flexibility index (Phi) is 3.08. The van der Waals surface area contributed by atoms with Crippen LogP contribution in [0.3, 0.4) is 0 Å². The van der Waals surface area contributed by atoms with E-state index in [1.165, 1.54) is 18.4 Å². The van der Waals surface area contributed by atoms with Gasteiger partial charge in [-0.2, -0.15) is 0 Å². The molecule has 0 bridgehead atoms. The van der Waals surface area contributed by atoms with Gasteiger partial charge in [0.2, 0.25) is 0 Å². The van der Waals surface area contributed by atoms with Crippen LogP contribution in [0.25, 0.3) is 0 Å². The van der Waals surface area contributed by atoms with Gasteiger partial charge in [-0.3, -0.25) is 4.90 Å². The lowest BCUT2D eigenvalue weighted by atomic mass is 9.73. The highest BCUT2D eigenvalue weighted by atomic mass is 19.1. The van der Waals surface area contributed by atoms with Crippen molar-refractivity contribution in [3.63, 3.8) is 0 Å². The zero-order valence-electron chi connectivity index (χ0n) is 12.0. The molecule has 0 N–H and O–H groups in total. The first kappa shape index (κ1) is 12.8. The predicted octanol–water partition coefficient (Wildman–Crippen LogP) is 2.93. The SMILES string of the molecule is Fc1c(CN2CC3(CCOCC3)C2)ccc2c1CCC2. The number of hydrogen-bond acceptors (Lipinski definition) is 2. The number of likely N-dealkylation sites (tertiary alicyclic amines) is 1. The van der Waals surface area contributed by atoms with Gasteiger partial charge >= 0.3 is 0 Å². The molecule has 1 aromatic carbocycles. The van der Waals surface area contributed by atoms with Gasteiger partial charge in [-0.1, -0.05) is 12.1 Å². The number of rotatable bonds is 2. The van der Waals surface area contributed by atoms with Gasteiger partial charge in [0.15, 0.2) is 0 Å². The van der Waals surface area contributed by atoms with Crippen LogP contribution < -0.4 is 0 Å². The molecule has 3 aliphatic rings. The molecule has 2 nitrogen and oxygen atoms in total. The molecule has 2 aliphatic heterocycles. The molecule has 0 unspecified atom stereocenters. The van der Waals surface area contributed by atoms with Gasteiger partial charge in [0, 0.05) is 43.8 Å². The van der Waals surface area contributed by atoms with Crippen LogP contribution in [0.2, 0.25) is 0 Å². The van der Waals surface area contributed by atoms with Crippen molar-refractivity contribution >= 4 is 0 Å². The molecule has 0 atom stereocenters. The summed E-state index contributed by atoms with van der Waals surface area (Å²) in [5.74, 6) is 0.0768. The lowest BCUT2D eigenvalue weighted by Crippen LogP contribution is -2.57. The van der Waals surface area contributed by atoms with Crippen molar-refractivity contribution in [2.75, 3.05) is 26.3 Å². The third kappa shape index (κ3) is 2.08. The third-order valence-electron chi connectivity index (χ3n) is 5.36. The zero-order chi connectivity index (χ0) is 13.6. The van der Waals surface area contributed by atoms with Crippen LogP contribution in [0.4, 0.5) is 4.39 Å². The minimum atomic E-state index is 0.0768. The summed E-state index contributed by atoms with van der Waals surface area (Å²) in [5, 5.41) is 0. The van der Waals surface area contributed by atoms with Gasteiger partial charge in [-0.05, 0) is 43.2 Å². The van der Waals surface area contributed by atoms with Crippen LogP contribution in [0.15, 0.2) is 12.1 Å². The number of ether oxygens (including phenoxy) is 1. The van der Waals surface area contributed by atoms with Crippen molar-refractivity contribution in [1.82, 2.24) is 4.90 Å². The topological polar surface area (TPSA) is 12.5 Å². The average molecular weight is 275 g/mol. The van der Waals surface area contributed by atoms with Crippen molar-refractivity contribution in [3.8, 4) is 0 Å². The fourth-order valence-corrected chi connectivity index (χ4v) is 4.17. The highest BCUT2D eigenvalue weighted by molar-refractivity contribution is 5.37. The lowest BCUT2D eigenvalue weighted by Gasteiger charge is -2.52. The monoisotopic (exact) mass is 275 g/mol. The Hall–Kier alpha value is -0.930. The highest BCUT2D eigenvalue weighted by Gasteiger charge is 2.43. The predicted molar refractivity (Wildman–Crippen MR) is 76.2 cm³/mol. The minimum Gasteiger partial charge on any atom is -0.381 e. The van der Waals surface area contributed by atoms with E-state index in [-0.39, 0.29) is 5.82 Å². The molecule has 0 saturated carbocycles. The Morgan fingerprint density at radius 1 is 1.15 bits per heavy atom. The number of halogens is 1. The number of fused-ring (bicyclic) bond motifs is 1. The Labute approximate surface area is 119 Å². The maximum absolute atomic E-state index is 14.5. The second kappa shape index (κ2) is 4.81. The van der Waals surface area contributed by atoms with Crippen molar-refractivity contribution in [2.24, 2.45) is 5.41 Å². The molecular formula is C17H22FNO. The van der Waals surface area contributed by atoms with Crippen LogP contribution in [0.5, 0.6) is 0 Å². The molecule has 20 heavy (non-hydrogen) atoms. The average Bonchev–Trinajstić information content (AvgIpc) is 2.90. The largest absolute Gasteiger partial charge is 0.381 e. The summed E-state index contributed by atoms with van der Waals surface area (Å²) in [5.41, 5.74) is 3.60. The van der Waals surface area contributed by atoms with E-state index in [1.54, 1.807) is 0 Å². The number of benzene rings is 1. The van der Waals surface area contributed by atoms with Crippen LogP contribution in [-0.4, -0.2) is 31.2 Å². The van der Waals surface area contributed by atoms with Crippen molar-refractivity contribution < 1.29 is 9.13 Å². The zero-order valence-corrected chi connectivity index (χ0v) is 12.0. The molecule has 1 aromatic rings. The van der Waals surface area contributed by atoms with Crippen molar-refractivity contribution in [2.45, 2.75) is 38.6 Å². The van der Waals surface area contributed by atoms with E-state index < -0.39 is 0 Å². The van der Waals surface area contributed by atoms with Gasteiger partial charge in [0.25, 0.3) is 0 Å². The molecule has 0 radical (unpaired) electrons. The minimum absolute atomic E-state index is 0.0768. The number of hydrogen-bond donors (Lipinski definition) is 0. The Bertz CT molecular complexity index is 514. The van der Waals surface area contributed by atoms with E-state index in [0.29, 0.717) is 5.41 Å². The summed E-state index contributed by atoms with van der Waals surface area (Å²) < 4.78 is 19.9. The first-order chi connectivity index (χ1) is 9.76. The first-order valence-electron chi connectivity index (χ1n) is 7.85. The van der Waals surface area contributed by atoms with Crippen LogP contribution >= 0.6 is 0 Å². The highest BCUT2D eigenvalue weighted by Crippen LogP contribution is 2.40. The third-order valence-corrected chi connectivity index (χ3v) is 5.36. The fraction of sp³-hybridized carbons (Fsp3) is 0.647. The molecule has 2 fully saturated rings. The molecule has 4 rings (SSSR count). The molecule has 2 saturated heterocycles. The van der Waals surface area contributed by atoms with Gasteiger partial charge in [-0.25, -0.2) is 4.39 Å². The van der Waals surface area contributed by atoms with Crippen LogP contribution in [-0.2, 0) is 24.1 Å². The molecule has 2 heterocycles. The Morgan fingerprint density at radius 3 is 2.75 bits per heavy atom. The van der Waals surface area contributed by atoms with Crippen molar-refractivity contribution in [3.05, 3.63) is 34.6 Å². The number of nitrogens with zero attached hydrogens (tertiary/aromatic N) is 1. The quantitative estimate of drug-likeness (QED) is 0.823. The second-order valence-electron chi connectivity index (χ2n) is 6.79. The fourth-order valence-electron chi connectivity index (χ4n) is 4.17. The summed E-state index contributed by atoms with van der Waals surface area (Å²) in [7, 11) is 0. The summed E-state index contributed by atoms with van der Waals surface area (Å²) in [6, 6.07) is 4.15. The van der Waals surface area contributed by atoms with Gasteiger partial charge in [0.05, 0.1) is 0 Å². The second-order valence-corrected chi connectivity index (χ2v) is 6.79. The van der Waals surface area contributed by atoms with E-state index in [1.807, 2.05) is 6.07 Å². The Balaban J connectivity index is 1.43. The smallest absolute Gasteiger partial charge is 0.131 e. The molecule has 1 aliphatic carbocycles. The maximum atomic E-state index is 14.5. The van der Waals surface area contributed by atoms with Gasteiger partial charge in [0.1, 0.15) is 5.82 Å². The molecule has 108 valence electrons. The molecule has 0 amide bonds. The first-order valence-corrected chi connectivity index (χ1v) is 7.85. The lowest BCUT2D eigenvalue weighted by molar-refractivity contribution is -0.0842. The van der Waals surface area contributed by atoms with E-state index in [0.717, 1.165) is 63.2 Å². The van der Waals surface area contributed by atoms with E-state index in [4.69, 9.17) is 4.74 Å². The van der Waals surface area contributed by atoms with Gasteiger partial charge in [-0.15, -0.1) is 0 Å². The molecular weight excluding hydrogens is 253 g/mol. The summed E-state index contributed by atoms with van der Waals surface area (Å²) in [4.78, 5) is 2.39. The standard InChI is InChI=1S/C17H22FNO/c18-16-14(5-4-13-2-1-3-15(13)16)10-19-11-17(12-19)6-8-20-9-7-17/h4-5H,1-3,6-12H2. The molecule has 0 aromatic heterocycles. The Morgan fingerprint density at radius 2 is 1.95 bits per heavy atom. The summed E-state index contributed by atoms with van der Waals surface area (Å²) in [6.07, 6.45) is 5.45. The van der Waals surface area contributed by atoms with Gasteiger partial charge < -0.3 is 4.74 Å². The normalized spacial score (nSPS) is 24.6. The van der Waals surface area contributed by atoms with E-state index in [2.05, 4.69) is 11.0 Å². The van der Waals surface area contributed by atoms with E-state index >= 15 is 0 Å². The summed E-state index contributed by atoms with van der Waals surface area (Å²) in [6.45, 7) is 4.82. The van der Waals surface area contributed by atoms with E-state index in [9.17, 15) is 4.39 Å². The van der Waals surface area contributed by atoms with Crippen LogP contribution in [0.1, 0.15) is 36.0 Å². The molecule has 3 heteroatoms. The van der Waals surface area contributed by atoms with Crippen LogP contribution in [0, 0.1) is 11.2 Å². The van der Waals surface area contributed by atoms with Crippen molar-refractivity contribution in [1.29, 1.82) is 0 Å².